The molecule has 0 aromatic carbocycles. The van der Waals surface area contributed by atoms with Crippen molar-refractivity contribution in [3.8, 4) is 0 Å². The van der Waals surface area contributed by atoms with Crippen LogP contribution in [0.15, 0.2) is 12.8 Å². The Balaban J connectivity index is 3.01. The molecule has 0 aliphatic rings. The molecule has 0 bridgehead atoms. The lowest BCUT2D eigenvalue weighted by atomic mass is 10.1. The highest BCUT2D eigenvalue weighted by Crippen LogP contribution is 2.08. The van der Waals surface area contributed by atoms with Crippen LogP contribution >= 0.6 is 0 Å². The molecular formula is C11H22O2. The van der Waals surface area contributed by atoms with Crippen LogP contribution < -0.4 is 0 Å². The predicted octanol–water partition coefficient (Wildman–Crippen LogP) is 3.22. The van der Waals surface area contributed by atoms with Gasteiger partial charge in [0, 0.05) is 6.42 Å². The molecule has 1 atom stereocenters. The van der Waals surface area contributed by atoms with Crippen molar-refractivity contribution in [1.82, 2.24) is 0 Å². The van der Waals surface area contributed by atoms with Crippen LogP contribution in [0.2, 0.25) is 0 Å². The zero-order valence-electron chi connectivity index (χ0n) is 8.67. The maximum atomic E-state index is 9.16. The maximum absolute atomic E-state index is 9.16. The first-order valence-electron chi connectivity index (χ1n) is 5.25. The van der Waals surface area contributed by atoms with E-state index in [-0.39, 0.29) is 0 Å². The summed E-state index contributed by atoms with van der Waals surface area (Å²) in [5, 5.41) is 9.16. The van der Waals surface area contributed by atoms with E-state index in [2.05, 4.69) is 13.5 Å². The Labute approximate surface area is 81.6 Å². The molecule has 13 heavy (non-hydrogen) atoms. The number of ether oxygens (including phenoxy) is 1. The van der Waals surface area contributed by atoms with Gasteiger partial charge < -0.3 is 9.84 Å². The van der Waals surface area contributed by atoms with Crippen molar-refractivity contribution in [3.63, 3.8) is 0 Å². The van der Waals surface area contributed by atoms with E-state index in [9.17, 15) is 0 Å². The van der Waals surface area contributed by atoms with E-state index in [0.29, 0.717) is 0 Å². The van der Waals surface area contributed by atoms with E-state index in [1.165, 1.54) is 38.4 Å². The van der Waals surface area contributed by atoms with E-state index in [1.807, 2.05) is 0 Å². The minimum absolute atomic E-state index is 0.649. The summed E-state index contributed by atoms with van der Waals surface area (Å²) >= 11 is 0. The minimum Gasteiger partial charge on any atom is -0.473 e. The monoisotopic (exact) mass is 186 g/mol. The molecule has 0 aromatic rings. The van der Waals surface area contributed by atoms with Gasteiger partial charge in [-0.2, -0.15) is 0 Å². The summed E-state index contributed by atoms with van der Waals surface area (Å²) in [6, 6.07) is 0. The van der Waals surface area contributed by atoms with Crippen LogP contribution in [0, 0.1) is 0 Å². The lowest BCUT2D eigenvalue weighted by Crippen LogP contribution is -2.07. The second-order valence-corrected chi connectivity index (χ2v) is 3.31. The van der Waals surface area contributed by atoms with Gasteiger partial charge in [0.2, 0.25) is 0 Å². The summed E-state index contributed by atoms with van der Waals surface area (Å²) in [5.74, 6) is 0. The SMILES string of the molecule is C=COC(O)CCCCCCCC. The Kier molecular flexibility index (Phi) is 9.22. The van der Waals surface area contributed by atoms with Crippen molar-refractivity contribution in [3.05, 3.63) is 12.8 Å². The second-order valence-electron chi connectivity index (χ2n) is 3.31. The van der Waals surface area contributed by atoms with Gasteiger partial charge in [0.15, 0.2) is 6.29 Å². The van der Waals surface area contributed by atoms with E-state index < -0.39 is 6.29 Å². The molecule has 2 nitrogen and oxygen atoms in total. The molecule has 0 amide bonds. The van der Waals surface area contributed by atoms with Crippen molar-refractivity contribution in [1.29, 1.82) is 0 Å². The van der Waals surface area contributed by atoms with Gasteiger partial charge in [0.1, 0.15) is 0 Å². The lowest BCUT2D eigenvalue weighted by molar-refractivity contribution is -0.0569. The van der Waals surface area contributed by atoms with Gasteiger partial charge in [0.25, 0.3) is 0 Å². The lowest BCUT2D eigenvalue weighted by Gasteiger charge is -2.08. The summed E-state index contributed by atoms with van der Waals surface area (Å²) in [7, 11) is 0. The van der Waals surface area contributed by atoms with E-state index in [4.69, 9.17) is 9.84 Å². The van der Waals surface area contributed by atoms with E-state index in [1.54, 1.807) is 0 Å². The highest BCUT2D eigenvalue weighted by atomic mass is 16.6. The van der Waals surface area contributed by atoms with Crippen molar-refractivity contribution >= 4 is 0 Å². The zero-order chi connectivity index (χ0) is 9.94. The first kappa shape index (κ1) is 12.5. The number of aliphatic hydroxyl groups excluding tert-OH is 1. The number of unbranched alkanes of at least 4 members (excludes halogenated alkanes) is 5. The molecule has 2 heteroatoms. The third kappa shape index (κ3) is 9.41. The number of hydrogen-bond acceptors (Lipinski definition) is 2. The normalized spacial score (nSPS) is 12.5. The second kappa shape index (κ2) is 9.59. The molecule has 0 saturated heterocycles. The van der Waals surface area contributed by atoms with Gasteiger partial charge >= 0.3 is 0 Å². The molecule has 0 heterocycles. The van der Waals surface area contributed by atoms with Crippen LogP contribution in [0.3, 0.4) is 0 Å². The molecular weight excluding hydrogens is 164 g/mol. The molecule has 0 aromatic heterocycles. The number of hydrogen-bond donors (Lipinski definition) is 1. The fourth-order valence-electron chi connectivity index (χ4n) is 1.28. The number of aliphatic hydroxyl groups is 1. The van der Waals surface area contributed by atoms with Crippen molar-refractivity contribution in [2.45, 2.75) is 58.2 Å². The first-order valence-corrected chi connectivity index (χ1v) is 5.25. The van der Waals surface area contributed by atoms with Gasteiger partial charge in [-0.25, -0.2) is 0 Å². The van der Waals surface area contributed by atoms with Crippen LogP contribution in [-0.2, 0) is 4.74 Å². The maximum Gasteiger partial charge on any atom is 0.196 e. The Bertz CT molecular complexity index is 113. The minimum atomic E-state index is -0.649. The first-order chi connectivity index (χ1) is 6.31. The third-order valence-corrected chi connectivity index (χ3v) is 2.06. The summed E-state index contributed by atoms with van der Waals surface area (Å²) in [6.45, 7) is 5.60. The fraction of sp³-hybridized carbons (Fsp3) is 0.818. The standard InChI is InChI=1S/C11H22O2/c1-3-5-6-7-8-9-10-11(12)13-4-2/h4,11-12H,2-3,5-10H2,1H3. The summed E-state index contributed by atoms with van der Waals surface area (Å²) in [6.07, 6.45) is 8.79. The number of rotatable bonds is 9. The molecule has 0 fully saturated rings. The molecule has 0 rings (SSSR count). The van der Waals surface area contributed by atoms with Crippen molar-refractivity contribution < 1.29 is 9.84 Å². The van der Waals surface area contributed by atoms with E-state index in [0.717, 1.165) is 12.8 Å². The Morgan fingerprint density at radius 2 is 1.85 bits per heavy atom. The van der Waals surface area contributed by atoms with Gasteiger partial charge in [-0.05, 0) is 6.42 Å². The smallest absolute Gasteiger partial charge is 0.196 e. The Morgan fingerprint density at radius 1 is 1.23 bits per heavy atom. The molecule has 0 spiro atoms. The van der Waals surface area contributed by atoms with Crippen molar-refractivity contribution in [2.24, 2.45) is 0 Å². The highest BCUT2D eigenvalue weighted by molar-refractivity contribution is 4.53. The van der Waals surface area contributed by atoms with Gasteiger partial charge in [-0.3, -0.25) is 0 Å². The van der Waals surface area contributed by atoms with Crippen molar-refractivity contribution in [2.75, 3.05) is 0 Å². The van der Waals surface area contributed by atoms with Crippen LogP contribution in [0.25, 0.3) is 0 Å². The van der Waals surface area contributed by atoms with Crippen LogP contribution in [0.1, 0.15) is 51.9 Å². The molecule has 0 radical (unpaired) electrons. The summed E-state index contributed by atoms with van der Waals surface area (Å²) in [4.78, 5) is 0. The quantitative estimate of drug-likeness (QED) is 0.340. The Morgan fingerprint density at radius 3 is 2.46 bits per heavy atom. The predicted molar refractivity (Wildman–Crippen MR) is 55.3 cm³/mol. The largest absolute Gasteiger partial charge is 0.473 e. The van der Waals surface area contributed by atoms with E-state index >= 15 is 0 Å². The topological polar surface area (TPSA) is 29.5 Å². The molecule has 1 unspecified atom stereocenters. The third-order valence-electron chi connectivity index (χ3n) is 2.06. The van der Waals surface area contributed by atoms with Crippen LogP contribution in [0.4, 0.5) is 0 Å². The summed E-state index contributed by atoms with van der Waals surface area (Å²) in [5.41, 5.74) is 0. The average Bonchev–Trinajstić information content (AvgIpc) is 2.11. The Hall–Kier alpha value is -0.500. The average molecular weight is 186 g/mol. The molecule has 78 valence electrons. The molecule has 0 aliphatic carbocycles. The van der Waals surface area contributed by atoms with Crippen LogP contribution in [-0.4, -0.2) is 11.4 Å². The molecule has 1 N–H and O–H groups in total. The van der Waals surface area contributed by atoms with Gasteiger partial charge in [-0.1, -0.05) is 45.6 Å². The van der Waals surface area contributed by atoms with Gasteiger partial charge in [0.05, 0.1) is 6.26 Å². The molecule has 0 aliphatic heterocycles. The summed E-state index contributed by atoms with van der Waals surface area (Å²) < 4.78 is 4.79. The highest BCUT2D eigenvalue weighted by Gasteiger charge is 2.00. The zero-order valence-corrected chi connectivity index (χ0v) is 8.67. The molecule has 0 saturated carbocycles. The fourth-order valence-corrected chi connectivity index (χ4v) is 1.28. The van der Waals surface area contributed by atoms with Gasteiger partial charge in [-0.15, -0.1) is 0 Å². The van der Waals surface area contributed by atoms with Crippen LogP contribution in [0.5, 0.6) is 0 Å².